The average molecular weight is 383 g/mol. The van der Waals surface area contributed by atoms with Crippen LogP contribution in [0.4, 0.5) is 5.69 Å². The molecule has 1 aromatic rings. The molecular weight excluding hydrogens is 348 g/mol. The van der Waals surface area contributed by atoms with Crippen LogP contribution < -0.4 is 9.62 Å². The second-order valence-corrected chi connectivity index (χ2v) is 8.91. The Balaban J connectivity index is 2.51. The first kappa shape index (κ1) is 22.5. The molecule has 1 rings (SSSR count). The normalized spacial score (nSPS) is 12.6. The van der Waals surface area contributed by atoms with E-state index in [1.807, 2.05) is 25.1 Å². The van der Waals surface area contributed by atoms with Crippen molar-refractivity contribution in [2.45, 2.75) is 59.3 Å². The highest BCUT2D eigenvalue weighted by molar-refractivity contribution is 7.92. The van der Waals surface area contributed by atoms with E-state index in [4.69, 9.17) is 0 Å². The van der Waals surface area contributed by atoms with Crippen LogP contribution in [0.3, 0.4) is 0 Å². The lowest BCUT2D eigenvalue weighted by Gasteiger charge is -2.22. The maximum atomic E-state index is 12.1. The molecule has 0 bridgehead atoms. The van der Waals surface area contributed by atoms with Gasteiger partial charge in [0.15, 0.2) is 0 Å². The van der Waals surface area contributed by atoms with Crippen LogP contribution in [-0.4, -0.2) is 33.7 Å². The van der Waals surface area contributed by atoms with Crippen molar-refractivity contribution in [3.05, 3.63) is 29.8 Å². The van der Waals surface area contributed by atoms with Crippen molar-refractivity contribution >= 4 is 21.6 Å². The fourth-order valence-corrected chi connectivity index (χ4v) is 3.90. The molecule has 0 aliphatic rings. The van der Waals surface area contributed by atoms with Crippen molar-refractivity contribution in [1.82, 2.24) is 5.32 Å². The van der Waals surface area contributed by atoms with Gasteiger partial charge >= 0.3 is 0 Å². The summed E-state index contributed by atoms with van der Waals surface area (Å²) < 4.78 is 25.6. The Kier molecular flexibility index (Phi) is 9.70. The molecule has 1 amide bonds. The third kappa shape index (κ3) is 8.21. The first-order chi connectivity index (χ1) is 12.3. The Labute approximate surface area is 159 Å². The molecule has 0 unspecified atom stereocenters. The number of hydrogen-bond acceptors (Lipinski definition) is 3. The highest BCUT2D eigenvalue weighted by Crippen LogP contribution is 2.19. The van der Waals surface area contributed by atoms with E-state index >= 15 is 0 Å². The van der Waals surface area contributed by atoms with E-state index in [0.717, 1.165) is 18.4 Å². The van der Waals surface area contributed by atoms with Gasteiger partial charge in [0.25, 0.3) is 0 Å². The Bertz CT molecular complexity index is 659. The molecule has 0 radical (unpaired) electrons. The molecule has 0 fully saturated rings. The maximum Gasteiger partial charge on any atom is 0.232 e. The molecule has 1 N–H and O–H groups in total. The minimum absolute atomic E-state index is 0.00218. The molecule has 5 nitrogen and oxygen atoms in total. The van der Waals surface area contributed by atoms with E-state index < -0.39 is 10.0 Å². The van der Waals surface area contributed by atoms with Crippen LogP contribution in [0.15, 0.2) is 24.3 Å². The van der Waals surface area contributed by atoms with Gasteiger partial charge in [-0.2, -0.15) is 0 Å². The largest absolute Gasteiger partial charge is 0.356 e. The number of nitrogens with zero attached hydrogens (tertiary/aromatic N) is 1. The molecule has 26 heavy (non-hydrogen) atoms. The predicted molar refractivity (Wildman–Crippen MR) is 109 cm³/mol. The zero-order valence-electron chi connectivity index (χ0n) is 16.6. The third-order valence-corrected chi connectivity index (χ3v) is 5.78. The average Bonchev–Trinajstić information content (AvgIpc) is 2.57. The second-order valence-electron chi connectivity index (χ2n) is 7.00. The number of hydrogen-bond donors (Lipinski definition) is 1. The number of unbranched alkanes of at least 4 members (excludes halogenated alkanes) is 1. The number of amides is 1. The summed E-state index contributed by atoms with van der Waals surface area (Å²) in [5.74, 6) is 0.524. The molecule has 0 saturated heterocycles. The molecule has 0 aromatic heterocycles. The number of carbonyl (C=O) groups excluding carboxylic acids is 1. The van der Waals surface area contributed by atoms with Crippen LogP contribution in [0.5, 0.6) is 0 Å². The molecule has 1 aromatic carbocycles. The first-order valence-corrected chi connectivity index (χ1v) is 11.4. The van der Waals surface area contributed by atoms with Crippen LogP contribution in [0.1, 0.15) is 57.9 Å². The number of carbonyl (C=O) groups is 1. The lowest BCUT2D eigenvalue weighted by Crippen LogP contribution is -2.33. The van der Waals surface area contributed by atoms with Gasteiger partial charge in [-0.05, 0) is 43.4 Å². The zero-order valence-corrected chi connectivity index (χ0v) is 17.4. The summed E-state index contributed by atoms with van der Waals surface area (Å²) in [6, 6.07) is 7.41. The van der Waals surface area contributed by atoms with Crippen molar-refractivity contribution in [3.63, 3.8) is 0 Å². The van der Waals surface area contributed by atoms with Gasteiger partial charge in [-0.3, -0.25) is 9.10 Å². The van der Waals surface area contributed by atoms with Crippen molar-refractivity contribution in [3.8, 4) is 0 Å². The second kappa shape index (κ2) is 11.2. The molecule has 1 atom stereocenters. The summed E-state index contributed by atoms with van der Waals surface area (Å²) in [6.45, 7) is 7.28. The molecule has 6 heteroatoms. The van der Waals surface area contributed by atoms with Gasteiger partial charge in [0.05, 0.1) is 11.9 Å². The van der Waals surface area contributed by atoms with Crippen molar-refractivity contribution in [2.24, 2.45) is 5.92 Å². The van der Waals surface area contributed by atoms with Crippen LogP contribution in [-0.2, 0) is 14.8 Å². The molecule has 0 heterocycles. The number of anilines is 1. The molecular formula is C20H34N2O3S. The van der Waals surface area contributed by atoms with Gasteiger partial charge in [-0.1, -0.05) is 45.2 Å². The summed E-state index contributed by atoms with van der Waals surface area (Å²) in [5, 5.41) is 3.00. The molecule has 0 spiro atoms. The van der Waals surface area contributed by atoms with Crippen LogP contribution in [0.2, 0.25) is 0 Å². The molecule has 0 aliphatic heterocycles. The van der Waals surface area contributed by atoms with Gasteiger partial charge in [-0.15, -0.1) is 0 Å². The Morgan fingerprint density at radius 3 is 2.54 bits per heavy atom. The summed E-state index contributed by atoms with van der Waals surface area (Å²) >= 11 is 0. The monoisotopic (exact) mass is 382 g/mol. The number of sulfonamides is 1. The van der Waals surface area contributed by atoms with E-state index in [2.05, 4.69) is 19.2 Å². The van der Waals surface area contributed by atoms with Crippen LogP contribution in [0, 0.1) is 12.8 Å². The molecule has 148 valence electrons. The first-order valence-electron chi connectivity index (χ1n) is 9.59. The fourth-order valence-electron chi connectivity index (χ4n) is 2.94. The zero-order chi connectivity index (χ0) is 19.6. The summed E-state index contributed by atoms with van der Waals surface area (Å²) in [4.78, 5) is 12.1. The number of rotatable bonds is 12. The predicted octanol–water partition coefficient (Wildman–Crippen LogP) is 3.87. The lowest BCUT2D eigenvalue weighted by atomic mass is 9.99. The minimum atomic E-state index is -3.37. The van der Waals surface area contributed by atoms with Gasteiger partial charge in [0.2, 0.25) is 15.9 Å². The van der Waals surface area contributed by atoms with E-state index in [1.54, 1.807) is 6.07 Å². The van der Waals surface area contributed by atoms with Crippen LogP contribution in [0.25, 0.3) is 0 Å². The standard InChI is InChI=1S/C20H34N2O3S/c1-5-7-11-18(6-2)16-21-20(23)13-9-14-22(26(4,24)25)19-12-8-10-17(3)15-19/h8,10,12,15,18H,5-7,9,11,13-14,16H2,1-4H3,(H,21,23)/t18-/m0/s1. The Morgan fingerprint density at radius 1 is 1.23 bits per heavy atom. The van der Waals surface area contributed by atoms with E-state index in [9.17, 15) is 13.2 Å². The molecule has 0 saturated carbocycles. The van der Waals surface area contributed by atoms with Gasteiger partial charge in [-0.25, -0.2) is 8.42 Å². The summed E-state index contributed by atoms with van der Waals surface area (Å²) in [7, 11) is -3.37. The van der Waals surface area contributed by atoms with E-state index in [-0.39, 0.29) is 5.91 Å². The molecule has 0 aliphatic carbocycles. The van der Waals surface area contributed by atoms with Crippen LogP contribution >= 0.6 is 0 Å². The summed E-state index contributed by atoms with van der Waals surface area (Å²) in [5.41, 5.74) is 1.66. The van der Waals surface area contributed by atoms with Gasteiger partial charge < -0.3 is 5.32 Å². The minimum Gasteiger partial charge on any atom is -0.356 e. The van der Waals surface area contributed by atoms with Gasteiger partial charge in [0.1, 0.15) is 0 Å². The van der Waals surface area contributed by atoms with E-state index in [0.29, 0.717) is 37.5 Å². The van der Waals surface area contributed by atoms with Crippen molar-refractivity contribution in [1.29, 1.82) is 0 Å². The summed E-state index contributed by atoms with van der Waals surface area (Å²) in [6.07, 6.45) is 6.60. The SMILES string of the molecule is CCCC[C@H](CC)CNC(=O)CCCN(c1cccc(C)c1)S(C)(=O)=O. The maximum absolute atomic E-state index is 12.1. The van der Waals surface area contributed by atoms with E-state index in [1.165, 1.54) is 23.4 Å². The topological polar surface area (TPSA) is 66.5 Å². The number of benzene rings is 1. The number of aryl methyl sites for hydroxylation is 1. The quantitative estimate of drug-likeness (QED) is 0.597. The Morgan fingerprint density at radius 2 is 1.96 bits per heavy atom. The smallest absolute Gasteiger partial charge is 0.232 e. The lowest BCUT2D eigenvalue weighted by molar-refractivity contribution is -0.121. The fraction of sp³-hybridized carbons (Fsp3) is 0.650. The van der Waals surface area contributed by atoms with Crippen molar-refractivity contribution < 1.29 is 13.2 Å². The Hall–Kier alpha value is -1.56. The highest BCUT2D eigenvalue weighted by atomic mass is 32.2. The number of nitrogens with one attached hydrogen (secondary N) is 1. The van der Waals surface area contributed by atoms with Crippen molar-refractivity contribution in [2.75, 3.05) is 23.7 Å². The highest BCUT2D eigenvalue weighted by Gasteiger charge is 2.17. The van der Waals surface area contributed by atoms with Gasteiger partial charge in [0, 0.05) is 19.5 Å². The third-order valence-electron chi connectivity index (χ3n) is 4.59.